The van der Waals surface area contributed by atoms with E-state index in [1.54, 1.807) is 6.07 Å². The number of nitrogens with two attached hydrogens (primary N) is 1. The molecule has 0 aliphatic heterocycles. The van der Waals surface area contributed by atoms with Gasteiger partial charge in [-0.15, -0.1) is 0 Å². The van der Waals surface area contributed by atoms with Crippen LogP contribution in [0.2, 0.25) is 0 Å². The SMILES string of the molecule is N#CCC1(NC(=O)O)CCC(Nc2c(N)cnc3cc(F)c(Br)cc23)CC1. The third-order valence-electron chi connectivity index (χ3n) is 5.02. The number of hydrogen-bond donors (Lipinski definition) is 4. The van der Waals surface area contributed by atoms with Gasteiger partial charge in [0.1, 0.15) is 5.82 Å². The number of amides is 1. The third kappa shape index (κ3) is 4.06. The van der Waals surface area contributed by atoms with Crippen LogP contribution in [-0.4, -0.2) is 27.8 Å². The Labute approximate surface area is 163 Å². The number of halogens is 2. The molecule has 3 rings (SSSR count). The molecule has 9 heteroatoms. The first kappa shape index (κ1) is 19.2. The van der Waals surface area contributed by atoms with Crippen LogP contribution in [0.3, 0.4) is 0 Å². The van der Waals surface area contributed by atoms with Crippen LogP contribution in [0.15, 0.2) is 22.8 Å². The molecule has 1 heterocycles. The highest BCUT2D eigenvalue weighted by molar-refractivity contribution is 9.10. The van der Waals surface area contributed by atoms with Crippen LogP contribution < -0.4 is 16.4 Å². The second kappa shape index (κ2) is 7.56. The quantitative estimate of drug-likeness (QED) is 0.575. The number of anilines is 2. The topological polar surface area (TPSA) is 124 Å². The van der Waals surface area contributed by atoms with Crippen LogP contribution >= 0.6 is 15.9 Å². The highest BCUT2D eigenvalue weighted by atomic mass is 79.9. The number of carboxylic acid groups (broad SMARTS) is 1. The highest BCUT2D eigenvalue weighted by Crippen LogP contribution is 2.36. The monoisotopic (exact) mass is 435 g/mol. The summed E-state index contributed by atoms with van der Waals surface area (Å²) in [7, 11) is 0. The molecule has 1 fully saturated rings. The average Bonchev–Trinajstić information content (AvgIpc) is 2.61. The summed E-state index contributed by atoms with van der Waals surface area (Å²) in [5, 5.41) is 24.7. The van der Waals surface area contributed by atoms with Gasteiger partial charge < -0.3 is 21.5 Å². The predicted octanol–water partition coefficient (Wildman–Crippen LogP) is 3.99. The van der Waals surface area contributed by atoms with E-state index in [1.807, 2.05) is 0 Å². The number of aromatic nitrogens is 1. The van der Waals surface area contributed by atoms with Crippen LogP contribution in [0.4, 0.5) is 20.6 Å². The number of nitrogens with zero attached hydrogens (tertiary/aromatic N) is 2. The Balaban J connectivity index is 1.81. The van der Waals surface area contributed by atoms with Crippen molar-refractivity contribution in [2.45, 2.75) is 43.7 Å². The first-order valence-electron chi connectivity index (χ1n) is 8.51. The molecule has 5 N–H and O–H groups in total. The van der Waals surface area contributed by atoms with Gasteiger partial charge in [-0.3, -0.25) is 4.98 Å². The van der Waals surface area contributed by atoms with Crippen LogP contribution in [0.5, 0.6) is 0 Å². The Bertz CT molecular complexity index is 922. The summed E-state index contributed by atoms with van der Waals surface area (Å²) < 4.78 is 14.1. The van der Waals surface area contributed by atoms with Gasteiger partial charge in [-0.25, -0.2) is 9.18 Å². The lowest BCUT2D eigenvalue weighted by atomic mass is 9.77. The maximum absolute atomic E-state index is 13.8. The molecule has 1 saturated carbocycles. The number of nitrogen functional groups attached to an aromatic ring is 1. The summed E-state index contributed by atoms with van der Waals surface area (Å²) >= 11 is 3.19. The molecule has 7 nitrogen and oxygen atoms in total. The number of nitrogens with one attached hydrogen (secondary N) is 2. The molecule has 142 valence electrons. The molecule has 1 aromatic carbocycles. The average molecular weight is 436 g/mol. The molecule has 0 bridgehead atoms. The van der Waals surface area contributed by atoms with E-state index < -0.39 is 17.4 Å². The lowest BCUT2D eigenvalue weighted by Crippen LogP contribution is -2.51. The van der Waals surface area contributed by atoms with Crippen molar-refractivity contribution in [2.75, 3.05) is 11.1 Å². The molecule has 0 radical (unpaired) electrons. The first-order chi connectivity index (χ1) is 12.8. The molecule has 0 spiro atoms. The number of nitriles is 1. The molecule has 0 atom stereocenters. The molecule has 1 amide bonds. The van der Waals surface area contributed by atoms with E-state index in [4.69, 9.17) is 16.1 Å². The maximum Gasteiger partial charge on any atom is 0.405 e. The third-order valence-corrected chi connectivity index (χ3v) is 5.63. The number of pyridine rings is 1. The van der Waals surface area contributed by atoms with Crippen molar-refractivity contribution in [1.29, 1.82) is 5.26 Å². The van der Waals surface area contributed by atoms with Crippen molar-refractivity contribution >= 4 is 44.3 Å². The Morgan fingerprint density at radius 3 is 2.81 bits per heavy atom. The summed E-state index contributed by atoms with van der Waals surface area (Å²) in [6.45, 7) is 0. The van der Waals surface area contributed by atoms with E-state index in [2.05, 4.69) is 37.6 Å². The van der Waals surface area contributed by atoms with Crippen LogP contribution in [-0.2, 0) is 0 Å². The van der Waals surface area contributed by atoms with Gasteiger partial charge in [0.2, 0.25) is 0 Å². The minimum absolute atomic E-state index is 0.0594. The van der Waals surface area contributed by atoms with Gasteiger partial charge in [0.15, 0.2) is 0 Å². The largest absolute Gasteiger partial charge is 0.465 e. The van der Waals surface area contributed by atoms with E-state index in [0.29, 0.717) is 52.4 Å². The van der Waals surface area contributed by atoms with Crippen LogP contribution in [0.1, 0.15) is 32.1 Å². The molecule has 1 aliphatic carbocycles. The zero-order valence-corrected chi connectivity index (χ0v) is 16.0. The van der Waals surface area contributed by atoms with Gasteiger partial charge in [0.05, 0.1) is 45.6 Å². The molecule has 27 heavy (non-hydrogen) atoms. The van der Waals surface area contributed by atoms with Crippen molar-refractivity contribution in [2.24, 2.45) is 0 Å². The molecular weight excluding hydrogens is 417 g/mol. The summed E-state index contributed by atoms with van der Waals surface area (Å²) in [6, 6.07) is 5.13. The first-order valence-corrected chi connectivity index (χ1v) is 9.31. The number of hydrogen-bond acceptors (Lipinski definition) is 5. The van der Waals surface area contributed by atoms with Crippen molar-refractivity contribution in [1.82, 2.24) is 10.3 Å². The van der Waals surface area contributed by atoms with E-state index in [-0.39, 0.29) is 12.5 Å². The lowest BCUT2D eigenvalue weighted by Gasteiger charge is -2.39. The molecule has 1 aromatic heterocycles. The Hall–Kier alpha value is -2.60. The van der Waals surface area contributed by atoms with Gasteiger partial charge in [-0.2, -0.15) is 5.26 Å². The second-order valence-corrected chi connectivity index (χ2v) is 7.69. The molecule has 0 saturated heterocycles. The van der Waals surface area contributed by atoms with E-state index >= 15 is 0 Å². The summed E-state index contributed by atoms with van der Waals surface area (Å²) in [4.78, 5) is 15.3. The zero-order valence-electron chi connectivity index (χ0n) is 14.4. The Kier molecular flexibility index (Phi) is 5.37. The summed E-state index contributed by atoms with van der Waals surface area (Å²) in [5.74, 6) is -0.399. The summed E-state index contributed by atoms with van der Waals surface area (Å²) in [5.41, 5.74) is 7.02. The zero-order chi connectivity index (χ0) is 19.6. The van der Waals surface area contributed by atoms with Gasteiger partial charge in [0.25, 0.3) is 0 Å². The van der Waals surface area contributed by atoms with Crippen LogP contribution in [0, 0.1) is 17.1 Å². The Morgan fingerprint density at radius 2 is 2.19 bits per heavy atom. The highest BCUT2D eigenvalue weighted by Gasteiger charge is 2.37. The lowest BCUT2D eigenvalue weighted by molar-refractivity contribution is 0.161. The number of benzene rings is 1. The van der Waals surface area contributed by atoms with Gasteiger partial charge >= 0.3 is 6.09 Å². The van der Waals surface area contributed by atoms with Crippen molar-refractivity contribution in [3.05, 3.63) is 28.6 Å². The summed E-state index contributed by atoms with van der Waals surface area (Å²) in [6.07, 6.45) is 2.96. The van der Waals surface area contributed by atoms with E-state index in [0.717, 1.165) is 0 Å². The maximum atomic E-state index is 13.8. The molecule has 1 aliphatic rings. The fourth-order valence-corrected chi connectivity index (χ4v) is 3.95. The van der Waals surface area contributed by atoms with Crippen molar-refractivity contribution in [3.63, 3.8) is 0 Å². The van der Waals surface area contributed by atoms with E-state index in [9.17, 15) is 9.18 Å². The molecule has 0 unspecified atom stereocenters. The number of fused-ring (bicyclic) bond motifs is 1. The second-order valence-electron chi connectivity index (χ2n) is 6.84. The normalized spacial score (nSPS) is 22.2. The van der Waals surface area contributed by atoms with Gasteiger partial charge in [-0.1, -0.05) is 0 Å². The number of carbonyl (C=O) groups is 1. The Morgan fingerprint density at radius 1 is 1.48 bits per heavy atom. The molecular formula is C18H19BrFN5O2. The van der Waals surface area contributed by atoms with Gasteiger partial charge in [0, 0.05) is 17.5 Å². The van der Waals surface area contributed by atoms with Gasteiger partial charge in [-0.05, 0) is 47.7 Å². The molecule has 2 aromatic rings. The predicted molar refractivity (Wildman–Crippen MR) is 104 cm³/mol. The fourth-order valence-electron chi connectivity index (χ4n) is 3.61. The minimum Gasteiger partial charge on any atom is -0.465 e. The van der Waals surface area contributed by atoms with Crippen LogP contribution in [0.25, 0.3) is 10.9 Å². The van der Waals surface area contributed by atoms with Crippen molar-refractivity contribution in [3.8, 4) is 6.07 Å². The minimum atomic E-state index is -1.12. The van der Waals surface area contributed by atoms with Crippen molar-refractivity contribution < 1.29 is 14.3 Å². The standard InChI is InChI=1S/C18H19BrFN5O2/c19-12-7-11-15(8-13(12)20)23-9-14(22)16(11)24-10-1-3-18(4-2-10,5-6-21)25-17(26)27/h7-10,25H,1-5,22H2,(H,23,24)(H,26,27). The fraction of sp³-hybridized carbons (Fsp3) is 0.389. The van der Waals surface area contributed by atoms with E-state index in [1.165, 1.54) is 12.3 Å². The smallest absolute Gasteiger partial charge is 0.405 e. The number of rotatable bonds is 4.